The second-order valence-electron chi connectivity index (χ2n) is 5.17. The number of aliphatic hydroxyl groups is 1. The zero-order valence-electron chi connectivity index (χ0n) is 11.4. The molecule has 0 aliphatic carbocycles. The molecule has 2 aromatic rings. The number of hydrogen-bond acceptors (Lipinski definition) is 2. The first-order valence-electron chi connectivity index (χ1n) is 6.61. The van der Waals surface area contributed by atoms with E-state index in [1.54, 1.807) is 31.2 Å². The van der Waals surface area contributed by atoms with Crippen LogP contribution in [0.2, 0.25) is 0 Å². The van der Waals surface area contributed by atoms with E-state index in [0.29, 0.717) is 6.42 Å². The molecular formula is C17H20O2. The van der Waals surface area contributed by atoms with Crippen LogP contribution in [0.15, 0.2) is 48.5 Å². The minimum atomic E-state index is -0.929. The largest absolute Gasteiger partial charge is 0.508 e. The molecule has 2 heteroatoms. The number of rotatable bonds is 4. The summed E-state index contributed by atoms with van der Waals surface area (Å²) in [5.74, 6) is 0.215. The maximum absolute atomic E-state index is 10.6. The Morgan fingerprint density at radius 3 is 1.95 bits per heavy atom. The van der Waals surface area contributed by atoms with Gasteiger partial charge >= 0.3 is 0 Å². The van der Waals surface area contributed by atoms with Crippen LogP contribution in [0.25, 0.3) is 0 Å². The topological polar surface area (TPSA) is 40.5 Å². The number of hydrogen-bond donors (Lipinski definition) is 2. The quantitative estimate of drug-likeness (QED) is 0.880. The Morgan fingerprint density at radius 2 is 1.42 bits per heavy atom. The maximum Gasteiger partial charge on any atom is 0.115 e. The Hall–Kier alpha value is -1.80. The predicted octanol–water partition coefficient (Wildman–Crippen LogP) is 3.40. The normalized spacial score (nSPS) is 14.1. The van der Waals surface area contributed by atoms with Crippen LogP contribution >= 0.6 is 0 Å². The Balaban J connectivity index is 2.17. The highest BCUT2D eigenvalue weighted by molar-refractivity contribution is 5.32. The number of aryl methyl sites for hydroxylation is 1. The smallest absolute Gasteiger partial charge is 0.115 e. The van der Waals surface area contributed by atoms with Gasteiger partial charge in [0.2, 0.25) is 0 Å². The highest BCUT2D eigenvalue weighted by atomic mass is 16.3. The fourth-order valence-electron chi connectivity index (χ4n) is 2.21. The lowest BCUT2D eigenvalue weighted by molar-refractivity contribution is 0.0576. The van der Waals surface area contributed by atoms with Gasteiger partial charge in [-0.15, -0.1) is 0 Å². The van der Waals surface area contributed by atoms with E-state index >= 15 is 0 Å². The van der Waals surface area contributed by atoms with Gasteiger partial charge in [0.1, 0.15) is 5.75 Å². The van der Waals surface area contributed by atoms with Gasteiger partial charge in [0.25, 0.3) is 0 Å². The van der Waals surface area contributed by atoms with E-state index in [0.717, 1.165) is 17.5 Å². The van der Waals surface area contributed by atoms with Gasteiger partial charge in [0.15, 0.2) is 0 Å². The van der Waals surface area contributed by atoms with Crippen molar-refractivity contribution in [3.05, 3.63) is 65.2 Å². The standard InChI is InChI=1S/C17H20O2/c1-3-13-4-6-14(7-5-13)12-17(2,19)15-8-10-16(18)11-9-15/h4-11,18-19H,3,12H2,1-2H3. The van der Waals surface area contributed by atoms with Crippen LogP contribution in [0.4, 0.5) is 0 Å². The zero-order valence-corrected chi connectivity index (χ0v) is 11.4. The molecule has 0 bridgehead atoms. The van der Waals surface area contributed by atoms with Crippen LogP contribution in [0.5, 0.6) is 5.75 Å². The summed E-state index contributed by atoms with van der Waals surface area (Å²) in [6, 6.07) is 15.0. The maximum atomic E-state index is 10.6. The van der Waals surface area contributed by atoms with Gasteiger partial charge in [-0.1, -0.05) is 43.3 Å². The molecular weight excluding hydrogens is 236 g/mol. The molecule has 1 atom stereocenters. The molecule has 0 fully saturated rings. The molecule has 2 rings (SSSR count). The molecule has 1 unspecified atom stereocenters. The lowest BCUT2D eigenvalue weighted by Gasteiger charge is -2.24. The van der Waals surface area contributed by atoms with Crippen molar-refractivity contribution in [2.45, 2.75) is 32.3 Å². The summed E-state index contributed by atoms with van der Waals surface area (Å²) in [6.45, 7) is 3.93. The van der Waals surface area contributed by atoms with Gasteiger partial charge < -0.3 is 10.2 Å². The summed E-state index contributed by atoms with van der Waals surface area (Å²) in [4.78, 5) is 0. The molecule has 0 aromatic heterocycles. The first kappa shape index (κ1) is 13.6. The lowest BCUT2D eigenvalue weighted by Crippen LogP contribution is -2.24. The highest BCUT2D eigenvalue weighted by Crippen LogP contribution is 2.26. The number of aromatic hydroxyl groups is 1. The van der Waals surface area contributed by atoms with Crippen molar-refractivity contribution in [1.29, 1.82) is 0 Å². The van der Waals surface area contributed by atoms with Crippen LogP contribution in [0, 0.1) is 0 Å². The fourth-order valence-corrected chi connectivity index (χ4v) is 2.21. The van der Waals surface area contributed by atoms with Gasteiger partial charge in [0.05, 0.1) is 5.60 Å². The number of benzene rings is 2. The first-order chi connectivity index (χ1) is 9.01. The highest BCUT2D eigenvalue weighted by Gasteiger charge is 2.23. The molecule has 0 aliphatic rings. The Labute approximate surface area is 114 Å². The minimum absolute atomic E-state index is 0.215. The first-order valence-corrected chi connectivity index (χ1v) is 6.61. The molecule has 2 N–H and O–H groups in total. The fraction of sp³-hybridized carbons (Fsp3) is 0.294. The number of phenols is 1. The molecule has 0 heterocycles. The van der Waals surface area contributed by atoms with Crippen LogP contribution < -0.4 is 0 Å². The molecule has 2 aromatic carbocycles. The van der Waals surface area contributed by atoms with Crippen LogP contribution in [0.1, 0.15) is 30.5 Å². The summed E-state index contributed by atoms with van der Waals surface area (Å²) < 4.78 is 0. The molecule has 0 radical (unpaired) electrons. The van der Waals surface area contributed by atoms with Gasteiger partial charge in [-0.2, -0.15) is 0 Å². The zero-order chi connectivity index (χ0) is 13.9. The predicted molar refractivity (Wildman–Crippen MR) is 77.2 cm³/mol. The molecule has 0 aliphatic heterocycles. The third-order valence-corrected chi connectivity index (χ3v) is 3.47. The molecule has 100 valence electrons. The van der Waals surface area contributed by atoms with Crippen molar-refractivity contribution in [3.8, 4) is 5.75 Å². The second kappa shape index (κ2) is 5.45. The van der Waals surface area contributed by atoms with E-state index in [4.69, 9.17) is 0 Å². The van der Waals surface area contributed by atoms with E-state index in [-0.39, 0.29) is 5.75 Å². The third-order valence-electron chi connectivity index (χ3n) is 3.47. The average Bonchev–Trinajstić information content (AvgIpc) is 2.40. The van der Waals surface area contributed by atoms with E-state index in [9.17, 15) is 10.2 Å². The molecule has 0 amide bonds. The van der Waals surface area contributed by atoms with Crippen LogP contribution in [-0.2, 0) is 18.4 Å². The summed E-state index contributed by atoms with van der Waals surface area (Å²) in [7, 11) is 0. The third kappa shape index (κ3) is 3.36. The summed E-state index contributed by atoms with van der Waals surface area (Å²) in [5, 5.41) is 19.9. The van der Waals surface area contributed by atoms with Crippen molar-refractivity contribution >= 4 is 0 Å². The Kier molecular flexibility index (Phi) is 3.91. The molecule has 0 saturated heterocycles. The van der Waals surface area contributed by atoms with Gasteiger partial charge in [0, 0.05) is 6.42 Å². The van der Waals surface area contributed by atoms with E-state index in [1.807, 2.05) is 0 Å². The van der Waals surface area contributed by atoms with Crippen molar-refractivity contribution in [3.63, 3.8) is 0 Å². The van der Waals surface area contributed by atoms with Crippen LogP contribution in [0.3, 0.4) is 0 Å². The van der Waals surface area contributed by atoms with Gasteiger partial charge in [-0.25, -0.2) is 0 Å². The Morgan fingerprint density at radius 1 is 0.895 bits per heavy atom. The van der Waals surface area contributed by atoms with Crippen molar-refractivity contribution < 1.29 is 10.2 Å². The molecule has 0 saturated carbocycles. The van der Waals surface area contributed by atoms with Crippen molar-refractivity contribution in [2.75, 3.05) is 0 Å². The van der Waals surface area contributed by atoms with Crippen LogP contribution in [-0.4, -0.2) is 10.2 Å². The van der Waals surface area contributed by atoms with E-state index in [1.165, 1.54) is 5.56 Å². The molecule has 2 nitrogen and oxygen atoms in total. The van der Waals surface area contributed by atoms with Gasteiger partial charge in [-0.05, 0) is 42.2 Å². The minimum Gasteiger partial charge on any atom is -0.508 e. The summed E-state index contributed by atoms with van der Waals surface area (Å²) >= 11 is 0. The summed E-state index contributed by atoms with van der Waals surface area (Å²) in [5.41, 5.74) is 2.29. The van der Waals surface area contributed by atoms with E-state index < -0.39 is 5.60 Å². The SMILES string of the molecule is CCc1ccc(CC(C)(O)c2ccc(O)cc2)cc1. The summed E-state index contributed by atoms with van der Waals surface area (Å²) in [6.07, 6.45) is 1.58. The van der Waals surface area contributed by atoms with Crippen molar-refractivity contribution in [1.82, 2.24) is 0 Å². The Bertz CT molecular complexity index is 524. The lowest BCUT2D eigenvalue weighted by atomic mass is 9.89. The monoisotopic (exact) mass is 256 g/mol. The average molecular weight is 256 g/mol. The van der Waals surface area contributed by atoms with E-state index in [2.05, 4.69) is 31.2 Å². The van der Waals surface area contributed by atoms with Gasteiger partial charge in [-0.3, -0.25) is 0 Å². The van der Waals surface area contributed by atoms with Crippen molar-refractivity contribution in [2.24, 2.45) is 0 Å². The number of phenolic OH excluding ortho intramolecular Hbond substituents is 1. The second-order valence-corrected chi connectivity index (χ2v) is 5.17. The molecule has 0 spiro atoms. The molecule has 19 heavy (non-hydrogen) atoms.